The topological polar surface area (TPSA) is 68.5 Å². The minimum Gasteiger partial charge on any atom is -0.497 e. The highest BCUT2D eigenvalue weighted by molar-refractivity contribution is 5.76. The number of hydrogen-bond acceptors (Lipinski definition) is 4. The molecule has 0 radical (unpaired) electrons. The molecule has 30 heavy (non-hydrogen) atoms. The first-order valence-electron chi connectivity index (χ1n) is 10.8. The number of carbonyl (C=O) groups excluding carboxylic acids is 1. The van der Waals surface area contributed by atoms with Crippen molar-refractivity contribution in [3.8, 4) is 5.75 Å². The Kier molecular flexibility index (Phi) is 6.31. The van der Waals surface area contributed by atoms with Crippen LogP contribution < -0.4 is 10.1 Å². The highest BCUT2D eigenvalue weighted by Gasteiger charge is 2.24. The van der Waals surface area contributed by atoms with Crippen molar-refractivity contribution in [2.45, 2.75) is 51.4 Å². The predicted octanol–water partition coefficient (Wildman–Crippen LogP) is 4.07. The zero-order valence-electron chi connectivity index (χ0n) is 17.8. The fraction of sp³-hybridized carbons (Fsp3) is 0.458. The van der Waals surface area contributed by atoms with E-state index in [0.29, 0.717) is 18.3 Å². The van der Waals surface area contributed by atoms with Crippen molar-refractivity contribution in [2.75, 3.05) is 13.7 Å². The normalized spacial score (nSPS) is 19.0. The maximum Gasteiger partial charge on any atom is 0.220 e. The number of hydrogen-bond donors (Lipinski definition) is 1. The maximum absolute atomic E-state index is 12.3. The molecule has 6 nitrogen and oxygen atoms in total. The van der Waals surface area contributed by atoms with Crippen LogP contribution in [0.5, 0.6) is 5.75 Å². The van der Waals surface area contributed by atoms with Crippen molar-refractivity contribution >= 4 is 11.6 Å². The van der Waals surface area contributed by atoms with Crippen LogP contribution in [0.2, 0.25) is 0 Å². The first-order chi connectivity index (χ1) is 14.6. The van der Waals surface area contributed by atoms with Gasteiger partial charge in [-0.2, -0.15) is 5.10 Å². The van der Waals surface area contributed by atoms with Gasteiger partial charge < -0.3 is 10.1 Å². The third kappa shape index (κ3) is 4.81. The molecule has 1 amide bonds. The number of aryl methyl sites for hydroxylation is 2. The van der Waals surface area contributed by atoms with Gasteiger partial charge in [0.1, 0.15) is 5.75 Å². The minimum absolute atomic E-state index is 0.135. The lowest BCUT2D eigenvalue weighted by Gasteiger charge is -2.29. The Morgan fingerprint density at radius 1 is 1.17 bits per heavy atom. The van der Waals surface area contributed by atoms with Crippen molar-refractivity contribution < 1.29 is 9.53 Å². The van der Waals surface area contributed by atoms with Gasteiger partial charge in [0.15, 0.2) is 5.65 Å². The van der Waals surface area contributed by atoms with Crippen molar-refractivity contribution in [1.29, 1.82) is 0 Å². The van der Waals surface area contributed by atoms with Crippen molar-refractivity contribution in [3.63, 3.8) is 0 Å². The largest absolute Gasteiger partial charge is 0.497 e. The van der Waals surface area contributed by atoms with Gasteiger partial charge in [-0.15, -0.1) is 0 Å². The monoisotopic (exact) mass is 406 g/mol. The van der Waals surface area contributed by atoms with Crippen LogP contribution in [0.15, 0.2) is 42.6 Å². The number of amides is 1. The zero-order valence-corrected chi connectivity index (χ0v) is 17.8. The molecule has 0 aliphatic heterocycles. The predicted molar refractivity (Wildman–Crippen MR) is 117 cm³/mol. The van der Waals surface area contributed by atoms with Crippen molar-refractivity contribution in [1.82, 2.24) is 19.9 Å². The summed E-state index contributed by atoms with van der Waals surface area (Å²) < 4.78 is 7.17. The summed E-state index contributed by atoms with van der Waals surface area (Å²) in [4.78, 5) is 16.7. The van der Waals surface area contributed by atoms with E-state index < -0.39 is 0 Å². The molecule has 0 bridgehead atoms. The summed E-state index contributed by atoms with van der Waals surface area (Å²) >= 11 is 0. The molecule has 6 heteroatoms. The fourth-order valence-corrected chi connectivity index (χ4v) is 4.40. The molecule has 1 saturated carbocycles. The summed E-state index contributed by atoms with van der Waals surface area (Å²) in [5, 5.41) is 7.75. The second kappa shape index (κ2) is 9.28. The summed E-state index contributed by atoms with van der Waals surface area (Å²) in [5.74, 6) is 2.05. The maximum atomic E-state index is 12.3. The van der Waals surface area contributed by atoms with Crippen LogP contribution in [0, 0.1) is 12.8 Å². The second-order valence-corrected chi connectivity index (χ2v) is 8.30. The molecule has 3 aromatic rings. The fourth-order valence-electron chi connectivity index (χ4n) is 4.40. The molecule has 1 aliphatic carbocycles. The van der Waals surface area contributed by atoms with E-state index in [1.165, 1.54) is 5.69 Å². The first kappa shape index (κ1) is 20.4. The van der Waals surface area contributed by atoms with Crippen molar-refractivity contribution in [2.24, 2.45) is 5.92 Å². The van der Waals surface area contributed by atoms with E-state index in [4.69, 9.17) is 4.74 Å². The average molecular weight is 407 g/mol. The van der Waals surface area contributed by atoms with Gasteiger partial charge in [-0.1, -0.05) is 12.1 Å². The molecule has 2 aromatic heterocycles. The number of benzene rings is 1. The summed E-state index contributed by atoms with van der Waals surface area (Å²) in [6.07, 6.45) is 7.69. The van der Waals surface area contributed by atoms with E-state index in [0.717, 1.165) is 61.3 Å². The number of nitrogens with zero attached hydrogens (tertiary/aromatic N) is 3. The number of fused-ring (bicyclic) bond motifs is 1. The van der Waals surface area contributed by atoms with Gasteiger partial charge in [0.05, 0.1) is 12.8 Å². The van der Waals surface area contributed by atoms with Crippen LogP contribution in [0.1, 0.15) is 55.0 Å². The van der Waals surface area contributed by atoms with Crippen LogP contribution in [0.3, 0.4) is 0 Å². The molecular formula is C24H30N4O2. The van der Waals surface area contributed by atoms with E-state index in [9.17, 15) is 4.79 Å². The molecule has 0 saturated heterocycles. The number of ether oxygens (including phenoxy) is 1. The summed E-state index contributed by atoms with van der Waals surface area (Å²) in [6, 6.07) is 12.0. The minimum atomic E-state index is 0.135. The lowest BCUT2D eigenvalue weighted by Crippen LogP contribution is -2.31. The van der Waals surface area contributed by atoms with Gasteiger partial charge in [0.2, 0.25) is 5.91 Å². The van der Waals surface area contributed by atoms with Gasteiger partial charge in [0, 0.05) is 36.8 Å². The smallest absolute Gasteiger partial charge is 0.220 e. The Hall–Kier alpha value is -2.89. The molecule has 1 aromatic carbocycles. The molecule has 2 heterocycles. The lowest BCUT2D eigenvalue weighted by molar-refractivity contribution is -0.121. The summed E-state index contributed by atoms with van der Waals surface area (Å²) in [5.41, 5.74) is 4.34. The molecular weight excluding hydrogens is 376 g/mol. The Labute approximate surface area is 177 Å². The SMILES string of the molecule is COc1ccc(CCC(=O)NCC2CCC(c3ccnc4cc(C)nn34)CC2)cc1. The number of rotatable bonds is 7. The quantitative estimate of drug-likeness (QED) is 0.642. The number of aromatic nitrogens is 3. The molecule has 158 valence electrons. The number of methoxy groups -OCH3 is 1. The molecule has 1 N–H and O–H groups in total. The van der Waals surface area contributed by atoms with E-state index >= 15 is 0 Å². The van der Waals surface area contributed by atoms with Gasteiger partial charge in [-0.05, 0) is 68.7 Å². The third-order valence-electron chi connectivity index (χ3n) is 6.16. The van der Waals surface area contributed by atoms with Gasteiger partial charge in [0.25, 0.3) is 0 Å². The molecule has 4 rings (SSSR count). The van der Waals surface area contributed by atoms with Crippen LogP contribution in [-0.4, -0.2) is 34.2 Å². The number of nitrogens with one attached hydrogen (secondary N) is 1. The van der Waals surface area contributed by atoms with E-state index in [2.05, 4.69) is 21.5 Å². The van der Waals surface area contributed by atoms with E-state index in [1.807, 2.05) is 48.0 Å². The summed E-state index contributed by atoms with van der Waals surface area (Å²) in [6.45, 7) is 2.79. The zero-order chi connectivity index (χ0) is 20.9. The van der Waals surface area contributed by atoms with Gasteiger partial charge >= 0.3 is 0 Å². The molecule has 1 aliphatic rings. The third-order valence-corrected chi connectivity index (χ3v) is 6.16. The average Bonchev–Trinajstić information content (AvgIpc) is 3.17. The standard InChI is InChI=1S/C24H30N4O2/c1-17-15-23-25-14-13-22(28(23)27-17)20-8-3-19(4-9-20)16-26-24(29)12-7-18-5-10-21(30-2)11-6-18/h5-6,10-11,13-15,19-20H,3-4,7-9,12,16H2,1-2H3,(H,26,29). The molecule has 1 fully saturated rings. The van der Waals surface area contributed by atoms with Crippen molar-refractivity contribution in [3.05, 3.63) is 59.5 Å². The summed E-state index contributed by atoms with van der Waals surface area (Å²) in [7, 11) is 1.66. The second-order valence-electron chi connectivity index (χ2n) is 8.30. The van der Waals surface area contributed by atoms with Crippen LogP contribution in [0.4, 0.5) is 0 Å². The lowest BCUT2D eigenvalue weighted by atomic mass is 9.80. The highest BCUT2D eigenvalue weighted by Crippen LogP contribution is 2.35. The van der Waals surface area contributed by atoms with Gasteiger partial charge in [-0.3, -0.25) is 4.79 Å². The molecule has 0 spiro atoms. The van der Waals surface area contributed by atoms with Crippen LogP contribution in [-0.2, 0) is 11.2 Å². The Bertz CT molecular complexity index is 988. The Morgan fingerprint density at radius 2 is 1.93 bits per heavy atom. The van der Waals surface area contributed by atoms with E-state index in [-0.39, 0.29) is 5.91 Å². The molecule has 0 unspecified atom stereocenters. The number of carbonyl (C=O) groups is 1. The highest BCUT2D eigenvalue weighted by atomic mass is 16.5. The van der Waals surface area contributed by atoms with Crippen LogP contribution in [0.25, 0.3) is 5.65 Å². The Morgan fingerprint density at radius 3 is 2.67 bits per heavy atom. The molecule has 0 atom stereocenters. The van der Waals surface area contributed by atoms with E-state index in [1.54, 1.807) is 7.11 Å². The van der Waals surface area contributed by atoms with Crippen LogP contribution >= 0.6 is 0 Å². The van der Waals surface area contributed by atoms with Gasteiger partial charge in [-0.25, -0.2) is 9.50 Å². The first-order valence-corrected chi connectivity index (χ1v) is 10.8. The Balaban J connectivity index is 1.22.